The minimum absolute atomic E-state index is 0.426. The highest BCUT2D eigenvalue weighted by Gasteiger charge is 2.10. The molecule has 0 atom stereocenters. The van der Waals surface area contributed by atoms with Gasteiger partial charge in [-0.25, -0.2) is 5.10 Å². The van der Waals surface area contributed by atoms with Crippen molar-refractivity contribution in [1.29, 1.82) is 0 Å². The number of nitrogens with zero attached hydrogens (tertiary/aromatic N) is 4. The summed E-state index contributed by atoms with van der Waals surface area (Å²) in [5, 5.41) is 18.4. The number of aromatic amines is 2. The van der Waals surface area contributed by atoms with Gasteiger partial charge < -0.3 is 0 Å². The number of hydrogen-bond acceptors (Lipinski definition) is 4. The number of hydrogen-bond donors (Lipinski definition) is 2. The molecule has 0 fully saturated rings. The van der Waals surface area contributed by atoms with Gasteiger partial charge in [0.2, 0.25) is 10.6 Å². The first-order valence-corrected chi connectivity index (χ1v) is 6.85. The van der Waals surface area contributed by atoms with Gasteiger partial charge in [-0.1, -0.05) is 29.8 Å². The Bertz CT molecular complexity index is 854. The van der Waals surface area contributed by atoms with E-state index in [4.69, 9.17) is 12.2 Å². The Morgan fingerprint density at radius 3 is 2.76 bits per heavy atom. The molecule has 0 saturated carbocycles. The predicted octanol–water partition coefficient (Wildman–Crippen LogP) is 2.83. The maximum atomic E-state index is 5.21. The number of aromatic nitrogens is 5. The number of benzene rings is 1. The van der Waals surface area contributed by atoms with Gasteiger partial charge >= 0.3 is 0 Å². The Balaban J connectivity index is 1.99. The molecule has 0 unspecified atom stereocenters. The number of H-pyrrole nitrogens is 2. The highest BCUT2D eigenvalue weighted by molar-refractivity contribution is 7.71. The van der Waals surface area contributed by atoms with Gasteiger partial charge in [-0.05, 0) is 37.7 Å². The van der Waals surface area contributed by atoms with Gasteiger partial charge in [-0.15, -0.1) is 0 Å². The van der Waals surface area contributed by atoms with Crippen LogP contribution in [0.3, 0.4) is 0 Å². The molecular formula is C14H14N6S. The zero-order valence-corrected chi connectivity index (χ0v) is 12.5. The molecule has 0 aliphatic heterocycles. The number of rotatable bonds is 3. The van der Waals surface area contributed by atoms with Crippen LogP contribution in [-0.2, 0) is 0 Å². The minimum atomic E-state index is 0.426. The van der Waals surface area contributed by atoms with Crippen molar-refractivity contribution in [1.82, 2.24) is 25.1 Å². The molecule has 3 aromatic rings. The Morgan fingerprint density at radius 2 is 2.05 bits per heavy atom. The van der Waals surface area contributed by atoms with Crippen molar-refractivity contribution in [2.75, 3.05) is 0 Å². The zero-order valence-electron chi connectivity index (χ0n) is 11.7. The van der Waals surface area contributed by atoms with E-state index in [2.05, 4.69) is 25.5 Å². The summed E-state index contributed by atoms with van der Waals surface area (Å²) < 4.78 is 1.99. The monoisotopic (exact) mass is 298 g/mol. The lowest BCUT2D eigenvalue weighted by molar-refractivity contribution is 0.865. The summed E-state index contributed by atoms with van der Waals surface area (Å²) in [6.07, 6.45) is 1.75. The van der Waals surface area contributed by atoms with E-state index in [9.17, 15) is 0 Å². The minimum Gasteiger partial charge on any atom is -0.282 e. The van der Waals surface area contributed by atoms with Crippen molar-refractivity contribution in [3.63, 3.8) is 0 Å². The normalized spacial score (nSPS) is 11.3. The molecule has 0 aliphatic rings. The van der Waals surface area contributed by atoms with E-state index in [1.807, 2.05) is 44.2 Å². The van der Waals surface area contributed by atoms with Gasteiger partial charge in [0.25, 0.3) is 0 Å². The van der Waals surface area contributed by atoms with E-state index in [-0.39, 0.29) is 0 Å². The van der Waals surface area contributed by atoms with E-state index in [0.717, 1.165) is 11.3 Å². The van der Waals surface area contributed by atoms with Gasteiger partial charge in [0.05, 0.1) is 6.21 Å². The molecule has 0 bridgehead atoms. The van der Waals surface area contributed by atoms with E-state index >= 15 is 0 Å². The lowest BCUT2D eigenvalue weighted by atomic mass is 10.2. The summed E-state index contributed by atoms with van der Waals surface area (Å²) >= 11 is 5.21. The lowest BCUT2D eigenvalue weighted by Crippen LogP contribution is -1.95. The van der Waals surface area contributed by atoms with Crippen LogP contribution in [-0.4, -0.2) is 31.3 Å². The third kappa shape index (κ3) is 2.82. The first kappa shape index (κ1) is 13.4. The van der Waals surface area contributed by atoms with Crippen LogP contribution in [0.15, 0.2) is 35.4 Å². The maximum Gasteiger partial charge on any atom is 0.216 e. The second-order valence-corrected chi connectivity index (χ2v) is 5.15. The molecule has 106 valence electrons. The van der Waals surface area contributed by atoms with Crippen LogP contribution in [0.25, 0.3) is 11.5 Å². The van der Waals surface area contributed by atoms with Crippen molar-refractivity contribution in [3.05, 3.63) is 51.9 Å². The first-order valence-electron chi connectivity index (χ1n) is 6.44. The zero-order chi connectivity index (χ0) is 14.8. The molecule has 0 spiro atoms. The van der Waals surface area contributed by atoms with Gasteiger partial charge in [0, 0.05) is 5.69 Å². The smallest absolute Gasteiger partial charge is 0.216 e. The Morgan fingerprint density at radius 1 is 1.19 bits per heavy atom. The quantitative estimate of drug-likeness (QED) is 0.577. The number of nitrogens with one attached hydrogen (secondary N) is 2. The van der Waals surface area contributed by atoms with Crippen molar-refractivity contribution in [2.45, 2.75) is 13.8 Å². The summed E-state index contributed by atoms with van der Waals surface area (Å²) in [6.45, 7) is 3.97. The second-order valence-electron chi connectivity index (χ2n) is 4.76. The average Bonchev–Trinajstić information content (AvgIpc) is 3.03. The molecule has 6 nitrogen and oxygen atoms in total. The summed E-state index contributed by atoms with van der Waals surface area (Å²) in [4.78, 5) is 0. The largest absolute Gasteiger partial charge is 0.282 e. The molecule has 1 aromatic carbocycles. The fourth-order valence-electron chi connectivity index (χ4n) is 1.97. The molecule has 0 aliphatic carbocycles. The fraction of sp³-hybridized carbons (Fsp3) is 0.143. The van der Waals surface area contributed by atoms with Crippen LogP contribution in [0.5, 0.6) is 0 Å². The van der Waals surface area contributed by atoms with Gasteiger partial charge in [-0.3, -0.25) is 5.10 Å². The van der Waals surface area contributed by atoms with Crippen LogP contribution >= 0.6 is 12.2 Å². The van der Waals surface area contributed by atoms with Crippen molar-refractivity contribution >= 4 is 18.4 Å². The first-order chi connectivity index (χ1) is 10.1. The van der Waals surface area contributed by atoms with Crippen molar-refractivity contribution in [3.8, 4) is 11.5 Å². The summed E-state index contributed by atoms with van der Waals surface area (Å²) in [5.74, 6) is 0.577. The Hall–Kier alpha value is -2.54. The molecule has 0 saturated heterocycles. The summed E-state index contributed by atoms with van der Waals surface area (Å²) in [7, 11) is 0. The average molecular weight is 298 g/mol. The Kier molecular flexibility index (Phi) is 3.49. The van der Waals surface area contributed by atoms with Crippen molar-refractivity contribution < 1.29 is 0 Å². The van der Waals surface area contributed by atoms with Gasteiger partial charge in [0.15, 0.2) is 0 Å². The third-order valence-electron chi connectivity index (χ3n) is 2.95. The number of aryl methyl sites for hydroxylation is 2. The molecule has 7 heteroatoms. The van der Waals surface area contributed by atoms with Crippen LogP contribution in [0.4, 0.5) is 0 Å². The van der Waals surface area contributed by atoms with Gasteiger partial charge in [-0.2, -0.15) is 20.0 Å². The molecule has 0 radical (unpaired) electrons. The molecular weight excluding hydrogens is 284 g/mol. The fourth-order valence-corrected chi connectivity index (χ4v) is 2.15. The maximum absolute atomic E-state index is 5.21. The highest BCUT2D eigenvalue weighted by Crippen LogP contribution is 2.15. The van der Waals surface area contributed by atoms with Gasteiger partial charge in [0.1, 0.15) is 5.69 Å². The third-order valence-corrected chi connectivity index (χ3v) is 3.21. The molecule has 0 amide bonds. The SMILES string of the molecule is Cc1cccc(/C=N/n2c(-c3cc(C)[nH]n3)n[nH]c2=S)c1. The van der Waals surface area contributed by atoms with Crippen molar-refractivity contribution in [2.24, 2.45) is 5.10 Å². The lowest BCUT2D eigenvalue weighted by Gasteiger charge is -1.98. The predicted molar refractivity (Wildman–Crippen MR) is 83.9 cm³/mol. The summed E-state index contributed by atoms with van der Waals surface area (Å²) in [6, 6.07) is 9.95. The summed E-state index contributed by atoms with van der Waals surface area (Å²) in [5.41, 5.74) is 3.83. The van der Waals surface area contributed by atoms with E-state index in [1.165, 1.54) is 5.56 Å². The van der Waals surface area contributed by atoms with Crippen LogP contribution in [0, 0.1) is 18.6 Å². The second kappa shape index (κ2) is 5.45. The Labute approximate surface area is 126 Å². The molecule has 2 heterocycles. The standard InChI is InChI=1S/C14H14N6S/c1-9-4-3-5-11(6-9)8-15-20-13(18-19-14(20)21)12-7-10(2)16-17-12/h3-8H,1-2H3,(H,16,17)(H,19,21)/b15-8+. The van der Waals surface area contributed by atoms with Crippen LogP contribution in [0.1, 0.15) is 16.8 Å². The molecule has 21 heavy (non-hydrogen) atoms. The molecule has 3 rings (SSSR count). The van der Waals surface area contributed by atoms with E-state index in [1.54, 1.807) is 10.9 Å². The van der Waals surface area contributed by atoms with E-state index in [0.29, 0.717) is 16.3 Å². The van der Waals surface area contributed by atoms with E-state index < -0.39 is 0 Å². The van der Waals surface area contributed by atoms with Crippen LogP contribution < -0.4 is 0 Å². The highest BCUT2D eigenvalue weighted by atomic mass is 32.1. The molecule has 2 aromatic heterocycles. The molecule has 2 N–H and O–H groups in total. The van der Waals surface area contributed by atoms with Crippen LogP contribution in [0.2, 0.25) is 0 Å². The topological polar surface area (TPSA) is 74.7 Å².